The number of hydrogen-bond acceptors (Lipinski definition) is 6. The number of aromatic nitrogens is 2. The second kappa shape index (κ2) is 9.13. The zero-order valence-corrected chi connectivity index (χ0v) is 16.1. The van der Waals surface area contributed by atoms with Crippen molar-refractivity contribution >= 4 is 5.91 Å². The number of carbonyl (C=O) groups excluding carboxylic acids is 1. The van der Waals surface area contributed by atoms with Gasteiger partial charge in [-0.05, 0) is 43.3 Å². The van der Waals surface area contributed by atoms with Gasteiger partial charge in [-0.15, -0.1) is 0 Å². The number of pyridine rings is 1. The van der Waals surface area contributed by atoms with Crippen LogP contribution in [0.5, 0.6) is 5.75 Å². The first-order chi connectivity index (χ1) is 14.7. The van der Waals surface area contributed by atoms with Crippen LogP contribution in [0.25, 0.3) is 11.3 Å². The lowest BCUT2D eigenvalue weighted by Gasteiger charge is -2.16. The molecule has 2 aromatic heterocycles. The molecular formula is C20H17F4N3O4. The molecule has 0 aliphatic rings. The van der Waals surface area contributed by atoms with Gasteiger partial charge in [0.1, 0.15) is 42.2 Å². The van der Waals surface area contributed by atoms with E-state index < -0.39 is 30.5 Å². The van der Waals surface area contributed by atoms with E-state index in [0.29, 0.717) is 16.8 Å². The van der Waals surface area contributed by atoms with Gasteiger partial charge in [0.15, 0.2) is 5.76 Å². The summed E-state index contributed by atoms with van der Waals surface area (Å²) in [7, 11) is 0. The molecule has 2 heterocycles. The van der Waals surface area contributed by atoms with Gasteiger partial charge in [-0.3, -0.25) is 4.79 Å². The van der Waals surface area contributed by atoms with E-state index in [2.05, 4.69) is 10.1 Å². The van der Waals surface area contributed by atoms with Gasteiger partial charge in [-0.1, -0.05) is 5.16 Å². The van der Waals surface area contributed by atoms with Crippen molar-refractivity contribution in [2.24, 2.45) is 0 Å². The molecule has 3 rings (SSSR count). The number of amides is 1. The summed E-state index contributed by atoms with van der Waals surface area (Å²) in [6, 6.07) is 6.05. The highest BCUT2D eigenvalue weighted by Gasteiger charge is 2.37. The molecule has 1 unspecified atom stereocenters. The minimum Gasteiger partial charge on any atom is -0.487 e. The number of hydrogen-bond donors (Lipinski definition) is 2. The highest BCUT2D eigenvalue weighted by atomic mass is 19.4. The number of aliphatic hydroxyl groups is 1. The average molecular weight is 439 g/mol. The van der Waals surface area contributed by atoms with Crippen LogP contribution < -0.4 is 10.1 Å². The first-order valence-corrected chi connectivity index (χ1v) is 8.99. The summed E-state index contributed by atoms with van der Waals surface area (Å²) in [6.07, 6.45) is -3.39. The first-order valence-electron chi connectivity index (χ1n) is 8.99. The number of nitrogens with zero attached hydrogens (tertiary/aromatic N) is 2. The zero-order chi connectivity index (χ0) is 22.6. The summed E-state index contributed by atoms with van der Waals surface area (Å²) in [5, 5.41) is 15.2. The summed E-state index contributed by atoms with van der Waals surface area (Å²) in [4.78, 5) is 15.7. The van der Waals surface area contributed by atoms with Crippen molar-refractivity contribution in [2.45, 2.75) is 32.4 Å². The van der Waals surface area contributed by atoms with Crippen molar-refractivity contribution in [3.05, 3.63) is 65.4 Å². The first kappa shape index (κ1) is 22.2. The Balaban J connectivity index is 1.70. The molecule has 0 saturated carbocycles. The average Bonchev–Trinajstić information content (AvgIpc) is 3.15. The standard InChI is InChI=1S/C20H17F4N3O4/c1-11(20(22,23)24)26-19(29)16-7-6-14(8-25-16)30-10-15-17(9-28)31-27-18(15)12-2-4-13(21)5-3-12/h2-8,11,28H,9-10H2,1H3,(H,26,29). The van der Waals surface area contributed by atoms with Crippen LogP contribution in [-0.2, 0) is 13.2 Å². The van der Waals surface area contributed by atoms with Crippen LogP contribution in [0.2, 0.25) is 0 Å². The maximum Gasteiger partial charge on any atom is 0.408 e. The van der Waals surface area contributed by atoms with Gasteiger partial charge in [0.2, 0.25) is 0 Å². The number of carbonyl (C=O) groups is 1. The van der Waals surface area contributed by atoms with Crippen molar-refractivity contribution in [3.63, 3.8) is 0 Å². The molecule has 0 fully saturated rings. The molecule has 0 radical (unpaired) electrons. The highest BCUT2D eigenvalue weighted by Crippen LogP contribution is 2.27. The fourth-order valence-electron chi connectivity index (χ4n) is 2.56. The molecular weight excluding hydrogens is 422 g/mol. The third-order valence-corrected chi connectivity index (χ3v) is 4.32. The molecule has 0 bridgehead atoms. The van der Waals surface area contributed by atoms with Crippen LogP contribution in [0, 0.1) is 5.82 Å². The van der Waals surface area contributed by atoms with Crippen LogP contribution in [0.4, 0.5) is 17.6 Å². The molecule has 7 nitrogen and oxygen atoms in total. The molecule has 164 valence electrons. The number of alkyl halides is 3. The van der Waals surface area contributed by atoms with Gasteiger partial charge in [0.25, 0.3) is 5.91 Å². The van der Waals surface area contributed by atoms with Crippen molar-refractivity contribution in [2.75, 3.05) is 0 Å². The number of halogens is 4. The fourth-order valence-corrected chi connectivity index (χ4v) is 2.56. The van der Waals surface area contributed by atoms with Gasteiger partial charge < -0.3 is 19.7 Å². The quantitative estimate of drug-likeness (QED) is 0.546. The third kappa shape index (κ3) is 5.37. The SMILES string of the molecule is CC(NC(=O)c1ccc(OCc2c(-c3ccc(F)cc3)noc2CO)cn1)C(F)(F)F. The molecule has 0 aliphatic carbocycles. The molecule has 1 atom stereocenters. The van der Waals surface area contributed by atoms with Crippen molar-refractivity contribution in [1.29, 1.82) is 0 Å². The number of aliphatic hydroxyl groups excluding tert-OH is 1. The fraction of sp³-hybridized carbons (Fsp3) is 0.250. The van der Waals surface area contributed by atoms with E-state index in [4.69, 9.17) is 9.26 Å². The normalized spacial score (nSPS) is 12.5. The molecule has 0 spiro atoms. The largest absolute Gasteiger partial charge is 0.487 e. The maximum absolute atomic E-state index is 13.2. The minimum absolute atomic E-state index is 0.0928. The van der Waals surface area contributed by atoms with E-state index in [1.165, 1.54) is 42.6 Å². The van der Waals surface area contributed by atoms with Crippen molar-refractivity contribution in [1.82, 2.24) is 15.5 Å². The molecule has 0 aliphatic heterocycles. The Kier molecular flexibility index (Phi) is 6.54. The monoisotopic (exact) mass is 439 g/mol. The lowest BCUT2D eigenvalue weighted by Crippen LogP contribution is -2.43. The topological polar surface area (TPSA) is 97.5 Å². The Bertz CT molecular complexity index is 1030. The predicted molar refractivity (Wildman–Crippen MR) is 99.4 cm³/mol. The Hall–Kier alpha value is -3.47. The zero-order valence-electron chi connectivity index (χ0n) is 16.1. The smallest absolute Gasteiger partial charge is 0.408 e. The Morgan fingerprint density at radius 1 is 1.23 bits per heavy atom. The molecule has 3 aromatic rings. The molecule has 31 heavy (non-hydrogen) atoms. The van der Waals surface area contributed by atoms with Crippen molar-refractivity contribution in [3.8, 4) is 17.0 Å². The minimum atomic E-state index is -4.57. The molecule has 1 aromatic carbocycles. The van der Waals surface area contributed by atoms with E-state index in [1.807, 2.05) is 5.32 Å². The van der Waals surface area contributed by atoms with E-state index in [9.17, 15) is 27.5 Å². The number of nitrogens with one attached hydrogen (secondary N) is 1. The summed E-state index contributed by atoms with van der Waals surface area (Å²) < 4.78 is 61.5. The van der Waals surface area contributed by atoms with Gasteiger partial charge in [-0.2, -0.15) is 13.2 Å². The van der Waals surface area contributed by atoms with E-state index in [1.54, 1.807) is 0 Å². The molecule has 1 amide bonds. The Morgan fingerprint density at radius 3 is 2.52 bits per heavy atom. The summed E-state index contributed by atoms with van der Waals surface area (Å²) in [6.45, 7) is 0.290. The van der Waals surface area contributed by atoms with Crippen LogP contribution in [0.1, 0.15) is 28.7 Å². The third-order valence-electron chi connectivity index (χ3n) is 4.32. The van der Waals surface area contributed by atoms with Gasteiger partial charge >= 0.3 is 6.18 Å². The number of benzene rings is 1. The maximum atomic E-state index is 13.2. The lowest BCUT2D eigenvalue weighted by molar-refractivity contribution is -0.149. The number of rotatable bonds is 7. The molecule has 11 heteroatoms. The van der Waals surface area contributed by atoms with Gasteiger partial charge in [0.05, 0.1) is 11.8 Å². The molecule has 0 saturated heterocycles. The lowest BCUT2D eigenvalue weighted by atomic mass is 10.1. The Morgan fingerprint density at radius 2 is 1.94 bits per heavy atom. The van der Waals surface area contributed by atoms with Crippen molar-refractivity contribution < 1.29 is 36.7 Å². The summed E-state index contributed by atoms with van der Waals surface area (Å²) in [5.41, 5.74) is 1.12. The summed E-state index contributed by atoms with van der Waals surface area (Å²) >= 11 is 0. The van der Waals surface area contributed by atoms with Gasteiger partial charge in [-0.25, -0.2) is 9.37 Å². The second-order valence-electron chi connectivity index (χ2n) is 6.50. The highest BCUT2D eigenvalue weighted by molar-refractivity contribution is 5.92. The second-order valence-corrected chi connectivity index (χ2v) is 6.50. The van der Waals surface area contributed by atoms with E-state index in [0.717, 1.165) is 6.92 Å². The number of ether oxygens (including phenoxy) is 1. The molecule has 2 N–H and O–H groups in total. The van der Waals surface area contributed by atoms with E-state index >= 15 is 0 Å². The predicted octanol–water partition coefficient (Wildman–Crippen LogP) is 3.63. The summed E-state index contributed by atoms with van der Waals surface area (Å²) in [5.74, 6) is -1.02. The van der Waals surface area contributed by atoms with Crippen LogP contribution in [0.15, 0.2) is 47.1 Å². The van der Waals surface area contributed by atoms with Crippen LogP contribution >= 0.6 is 0 Å². The van der Waals surface area contributed by atoms with Gasteiger partial charge in [0, 0.05) is 5.56 Å². The van der Waals surface area contributed by atoms with Crippen LogP contribution in [0.3, 0.4) is 0 Å². The van der Waals surface area contributed by atoms with Crippen LogP contribution in [-0.4, -0.2) is 33.4 Å². The Labute approximate surface area is 173 Å². The van der Waals surface area contributed by atoms with E-state index in [-0.39, 0.29) is 23.8 Å².